The zero-order chi connectivity index (χ0) is 19.8. The van der Waals surface area contributed by atoms with Crippen LogP contribution in [0.15, 0.2) is 30.6 Å². The van der Waals surface area contributed by atoms with Gasteiger partial charge in [0.1, 0.15) is 5.82 Å². The maximum absolute atomic E-state index is 12.5. The van der Waals surface area contributed by atoms with E-state index in [2.05, 4.69) is 15.2 Å². The third kappa shape index (κ3) is 6.72. The van der Waals surface area contributed by atoms with Crippen LogP contribution in [0.25, 0.3) is 0 Å². The topological polar surface area (TPSA) is 53.4 Å². The van der Waals surface area contributed by atoms with E-state index in [1.54, 1.807) is 17.2 Å². The first-order valence-corrected chi connectivity index (χ1v) is 9.77. The molecule has 0 radical (unpaired) electrons. The summed E-state index contributed by atoms with van der Waals surface area (Å²) >= 11 is 12.3. The number of carbonyl (C=O) groups excluding carboxylic acids is 1. The Bertz CT molecular complexity index is 747. The van der Waals surface area contributed by atoms with Crippen molar-refractivity contribution in [2.45, 2.75) is 26.4 Å². The van der Waals surface area contributed by atoms with Gasteiger partial charge in [0.25, 0.3) is 0 Å². The van der Waals surface area contributed by atoms with Gasteiger partial charge in [0.05, 0.1) is 13.1 Å². The number of urea groups is 1. The quantitative estimate of drug-likeness (QED) is 0.683. The summed E-state index contributed by atoms with van der Waals surface area (Å²) in [5.74, 6) is 0.812. The number of carbonyl (C=O) groups is 1. The molecule has 0 aliphatic carbocycles. The second kappa shape index (κ2) is 10.5. The largest absolute Gasteiger partial charge is 0.338 e. The third-order valence-corrected chi connectivity index (χ3v) is 4.71. The van der Waals surface area contributed by atoms with Crippen molar-refractivity contribution in [1.82, 2.24) is 24.7 Å². The van der Waals surface area contributed by atoms with E-state index in [1.165, 1.54) is 0 Å². The standard InChI is InChI=1S/C19H27Cl2N5O/c1-4-7-23-19(27)26(11-10-24(2)3)14-18-22-8-9-25(18)13-15-5-6-16(20)12-17(15)21/h5-6,8-9,12H,4,7,10-11,13-14H2,1-3H3,(H,23,27). The Hall–Kier alpha value is -1.76. The van der Waals surface area contributed by atoms with E-state index < -0.39 is 0 Å². The highest BCUT2D eigenvalue weighted by molar-refractivity contribution is 6.35. The first-order chi connectivity index (χ1) is 12.9. The van der Waals surface area contributed by atoms with Crippen LogP contribution < -0.4 is 5.32 Å². The number of rotatable bonds is 9. The molecule has 0 spiro atoms. The number of benzene rings is 1. The van der Waals surface area contributed by atoms with Crippen molar-refractivity contribution in [2.24, 2.45) is 0 Å². The van der Waals surface area contributed by atoms with Gasteiger partial charge in [-0.2, -0.15) is 0 Å². The van der Waals surface area contributed by atoms with E-state index >= 15 is 0 Å². The molecule has 0 aliphatic rings. The summed E-state index contributed by atoms with van der Waals surface area (Å²) in [4.78, 5) is 20.8. The minimum atomic E-state index is -0.0715. The predicted octanol–water partition coefficient (Wildman–Crippen LogP) is 3.72. The van der Waals surface area contributed by atoms with Gasteiger partial charge >= 0.3 is 6.03 Å². The summed E-state index contributed by atoms with van der Waals surface area (Å²) in [5, 5.41) is 4.18. The van der Waals surface area contributed by atoms with Crippen molar-refractivity contribution in [3.8, 4) is 0 Å². The molecule has 148 valence electrons. The van der Waals surface area contributed by atoms with Crippen molar-refractivity contribution < 1.29 is 4.79 Å². The lowest BCUT2D eigenvalue weighted by Gasteiger charge is -2.25. The molecule has 6 nitrogen and oxygen atoms in total. The summed E-state index contributed by atoms with van der Waals surface area (Å²) in [6, 6.07) is 5.39. The van der Waals surface area contributed by atoms with Gasteiger partial charge in [0.2, 0.25) is 0 Å². The van der Waals surface area contributed by atoms with Crippen LogP contribution in [0.1, 0.15) is 24.7 Å². The fourth-order valence-corrected chi connectivity index (χ4v) is 3.02. The molecule has 0 bridgehead atoms. The van der Waals surface area contributed by atoms with Crippen LogP contribution in [0.4, 0.5) is 4.79 Å². The van der Waals surface area contributed by atoms with E-state index in [0.29, 0.717) is 36.2 Å². The zero-order valence-electron chi connectivity index (χ0n) is 16.1. The third-order valence-electron chi connectivity index (χ3n) is 4.12. The number of nitrogens with zero attached hydrogens (tertiary/aromatic N) is 4. The molecule has 2 rings (SSSR count). The fraction of sp³-hybridized carbons (Fsp3) is 0.474. The molecule has 1 aromatic heterocycles. The Morgan fingerprint density at radius 2 is 2.04 bits per heavy atom. The van der Waals surface area contributed by atoms with Gasteiger partial charge in [0.15, 0.2) is 0 Å². The summed E-state index contributed by atoms with van der Waals surface area (Å²) in [6.45, 7) is 5.10. The van der Waals surface area contributed by atoms with Gasteiger partial charge < -0.3 is 19.7 Å². The van der Waals surface area contributed by atoms with Crippen LogP contribution in [0, 0.1) is 0 Å². The van der Waals surface area contributed by atoms with Crippen molar-refractivity contribution in [3.63, 3.8) is 0 Å². The van der Waals surface area contributed by atoms with Crippen LogP contribution in [0.5, 0.6) is 0 Å². The summed E-state index contributed by atoms with van der Waals surface area (Å²) in [5.41, 5.74) is 0.954. The normalized spacial score (nSPS) is 11.0. The molecule has 8 heteroatoms. The molecule has 0 unspecified atom stereocenters. The molecule has 0 saturated carbocycles. The first-order valence-electron chi connectivity index (χ1n) is 9.02. The van der Waals surface area contributed by atoms with E-state index in [4.69, 9.17) is 23.2 Å². The van der Waals surface area contributed by atoms with Crippen LogP contribution in [-0.2, 0) is 13.1 Å². The molecule has 0 fully saturated rings. The molecule has 1 N–H and O–H groups in total. The smallest absolute Gasteiger partial charge is 0.317 e. The second-order valence-electron chi connectivity index (χ2n) is 6.66. The van der Waals surface area contributed by atoms with Crippen molar-refractivity contribution in [3.05, 3.63) is 52.0 Å². The predicted molar refractivity (Wildman–Crippen MR) is 110 cm³/mol. The van der Waals surface area contributed by atoms with Crippen molar-refractivity contribution in [2.75, 3.05) is 33.7 Å². The highest BCUT2D eigenvalue weighted by Gasteiger charge is 2.17. The highest BCUT2D eigenvalue weighted by atomic mass is 35.5. The molecule has 0 saturated heterocycles. The number of likely N-dealkylation sites (N-methyl/N-ethyl adjacent to an activating group) is 1. The average molecular weight is 412 g/mol. The van der Waals surface area contributed by atoms with Gasteiger partial charge in [-0.1, -0.05) is 36.2 Å². The SMILES string of the molecule is CCCNC(=O)N(CCN(C)C)Cc1nccn1Cc1ccc(Cl)cc1Cl. The molecule has 2 aromatic rings. The zero-order valence-corrected chi connectivity index (χ0v) is 17.6. The number of imidazole rings is 1. The number of hydrogen-bond acceptors (Lipinski definition) is 3. The van der Waals surface area contributed by atoms with Crippen LogP contribution >= 0.6 is 23.2 Å². The van der Waals surface area contributed by atoms with E-state index in [0.717, 1.165) is 24.4 Å². The van der Waals surface area contributed by atoms with E-state index in [1.807, 2.05) is 43.9 Å². The number of amides is 2. The monoisotopic (exact) mass is 411 g/mol. The van der Waals surface area contributed by atoms with Crippen LogP contribution in [0.2, 0.25) is 10.0 Å². The van der Waals surface area contributed by atoms with Crippen LogP contribution in [0.3, 0.4) is 0 Å². The average Bonchev–Trinajstić information content (AvgIpc) is 3.05. The number of aromatic nitrogens is 2. The summed E-state index contributed by atoms with van der Waals surface area (Å²) in [6.07, 6.45) is 4.54. The molecule has 27 heavy (non-hydrogen) atoms. The Labute approximate surface area is 171 Å². The van der Waals surface area contributed by atoms with Crippen LogP contribution in [-0.4, -0.2) is 59.1 Å². The number of hydrogen-bond donors (Lipinski definition) is 1. The highest BCUT2D eigenvalue weighted by Crippen LogP contribution is 2.22. The van der Waals surface area contributed by atoms with Gasteiger partial charge in [-0.25, -0.2) is 9.78 Å². The molecule has 1 aromatic carbocycles. The van der Waals surface area contributed by atoms with Gasteiger partial charge in [-0.15, -0.1) is 0 Å². The lowest BCUT2D eigenvalue weighted by atomic mass is 10.2. The molecule has 0 atom stereocenters. The maximum atomic E-state index is 12.5. The van der Waals surface area contributed by atoms with Gasteiger partial charge in [-0.3, -0.25) is 0 Å². The molecule has 0 aliphatic heterocycles. The Balaban J connectivity index is 2.13. The van der Waals surface area contributed by atoms with Gasteiger partial charge in [0, 0.05) is 42.1 Å². The fourth-order valence-electron chi connectivity index (χ4n) is 2.56. The Kier molecular flexibility index (Phi) is 8.41. The van der Waals surface area contributed by atoms with E-state index in [9.17, 15) is 4.79 Å². The second-order valence-corrected chi connectivity index (χ2v) is 7.51. The molecule has 2 amide bonds. The number of nitrogens with one attached hydrogen (secondary N) is 1. The Morgan fingerprint density at radius 3 is 2.70 bits per heavy atom. The van der Waals surface area contributed by atoms with Crippen molar-refractivity contribution in [1.29, 1.82) is 0 Å². The molecular weight excluding hydrogens is 385 g/mol. The minimum absolute atomic E-state index is 0.0715. The van der Waals surface area contributed by atoms with Gasteiger partial charge in [-0.05, 0) is 38.2 Å². The molecular formula is C19H27Cl2N5O. The lowest BCUT2D eigenvalue weighted by molar-refractivity contribution is 0.186. The Morgan fingerprint density at radius 1 is 1.26 bits per heavy atom. The first kappa shape index (κ1) is 21.5. The van der Waals surface area contributed by atoms with E-state index in [-0.39, 0.29) is 6.03 Å². The molecule has 1 heterocycles. The minimum Gasteiger partial charge on any atom is -0.338 e. The van der Waals surface area contributed by atoms with Crippen molar-refractivity contribution >= 4 is 29.2 Å². The lowest BCUT2D eigenvalue weighted by Crippen LogP contribution is -2.43. The summed E-state index contributed by atoms with van der Waals surface area (Å²) < 4.78 is 2.00. The summed E-state index contributed by atoms with van der Waals surface area (Å²) in [7, 11) is 3.98. The number of halogens is 2. The maximum Gasteiger partial charge on any atom is 0.317 e.